The van der Waals surface area contributed by atoms with Crippen molar-refractivity contribution in [3.8, 4) is 28.7 Å². The van der Waals surface area contributed by atoms with E-state index in [2.05, 4.69) is 29.8 Å². The summed E-state index contributed by atoms with van der Waals surface area (Å²) in [5.74, 6) is 1.61. The highest BCUT2D eigenvalue weighted by Crippen LogP contribution is 2.58. The molecule has 0 aliphatic carbocycles. The Labute approximate surface area is 252 Å². The third kappa shape index (κ3) is 4.61. The highest BCUT2D eigenvalue weighted by molar-refractivity contribution is 5.74. The zero-order valence-corrected chi connectivity index (χ0v) is 26.1. The lowest BCUT2D eigenvalue weighted by Crippen LogP contribution is -2.65. The summed E-state index contributed by atoms with van der Waals surface area (Å²) < 4.78 is 29.5. The van der Waals surface area contributed by atoms with E-state index in [1.807, 2.05) is 20.8 Å². The summed E-state index contributed by atoms with van der Waals surface area (Å²) in [7, 11) is 3.72. The number of aromatic hydroxyl groups is 1. The minimum Gasteiger partial charge on any atom is -0.504 e. The van der Waals surface area contributed by atoms with Crippen molar-refractivity contribution in [2.24, 2.45) is 0 Å². The van der Waals surface area contributed by atoms with Crippen LogP contribution in [0.5, 0.6) is 28.7 Å². The van der Waals surface area contributed by atoms with Crippen molar-refractivity contribution in [2.45, 2.75) is 96.9 Å². The number of piperazine rings is 1. The topological polar surface area (TPSA) is 107 Å². The van der Waals surface area contributed by atoms with Gasteiger partial charge < -0.3 is 28.8 Å². The van der Waals surface area contributed by atoms with Gasteiger partial charge in [-0.25, -0.2) is 0 Å². The molecule has 6 rings (SSSR count). The second kappa shape index (κ2) is 11.2. The number of phenols is 1. The standard InChI is InChI=1S/C33H42N2O8/c1-8-9-25(37)40-14-24-27-21(31(43-19(5)36)17(3)32-33(27)42-15-41-32)13-23-28-26-20(12-16(2)30(39-7)29(26)38)10-11-22(34(28)6)18(4)35(23)24/h12,18,22-24,28,38H,8-11,13-15H2,1-7H3/t18-,22-,23?,24-,28-/m0/s1. The molecule has 1 saturated heterocycles. The number of rotatable bonds is 6. The van der Waals surface area contributed by atoms with E-state index >= 15 is 0 Å². The number of benzene rings is 2. The number of phenolic OH excluding ortho intramolecular Hbond substituents is 1. The average Bonchev–Trinajstić information content (AvgIpc) is 3.41. The molecule has 2 aromatic carbocycles. The third-order valence-electron chi connectivity index (χ3n) is 9.86. The van der Waals surface area contributed by atoms with Gasteiger partial charge in [0.1, 0.15) is 12.4 Å². The monoisotopic (exact) mass is 594 g/mol. The maximum atomic E-state index is 12.7. The van der Waals surface area contributed by atoms with Crippen molar-refractivity contribution >= 4 is 11.9 Å². The quantitative estimate of drug-likeness (QED) is 0.375. The Bertz CT molecular complexity index is 1470. The Kier molecular flexibility index (Phi) is 7.71. The number of nitrogens with zero attached hydrogens (tertiary/aromatic N) is 2. The van der Waals surface area contributed by atoms with Crippen molar-refractivity contribution in [3.05, 3.63) is 39.4 Å². The Hall–Kier alpha value is -3.50. The van der Waals surface area contributed by atoms with Crippen LogP contribution in [0.25, 0.3) is 0 Å². The molecule has 10 nitrogen and oxygen atoms in total. The number of carbonyl (C=O) groups is 2. The lowest BCUT2D eigenvalue weighted by atomic mass is 9.76. The minimum atomic E-state index is -0.426. The molecule has 1 fully saturated rings. The number of methoxy groups -OCH3 is 1. The molecule has 2 bridgehead atoms. The summed E-state index contributed by atoms with van der Waals surface area (Å²) in [6.45, 7) is 9.59. The van der Waals surface area contributed by atoms with Gasteiger partial charge in [0.2, 0.25) is 6.79 Å². The Morgan fingerprint density at radius 1 is 1.12 bits per heavy atom. The number of hydrogen-bond acceptors (Lipinski definition) is 10. The molecule has 1 N–H and O–H groups in total. The summed E-state index contributed by atoms with van der Waals surface area (Å²) in [5.41, 5.74) is 5.27. The number of aryl methyl sites for hydroxylation is 2. The molecule has 4 aliphatic rings. The second-order valence-electron chi connectivity index (χ2n) is 12.3. The number of ether oxygens (including phenoxy) is 5. The van der Waals surface area contributed by atoms with E-state index in [0.717, 1.165) is 40.7 Å². The van der Waals surface area contributed by atoms with Gasteiger partial charge in [-0.2, -0.15) is 0 Å². The molecule has 0 aromatic heterocycles. The third-order valence-corrected chi connectivity index (χ3v) is 9.86. The molecule has 0 saturated carbocycles. The Morgan fingerprint density at radius 2 is 1.86 bits per heavy atom. The fraction of sp³-hybridized carbons (Fsp3) is 0.576. The predicted molar refractivity (Wildman–Crippen MR) is 158 cm³/mol. The van der Waals surface area contributed by atoms with Gasteiger partial charge in [-0.3, -0.25) is 19.4 Å². The fourth-order valence-electron chi connectivity index (χ4n) is 8.18. The van der Waals surface area contributed by atoms with E-state index in [0.29, 0.717) is 47.8 Å². The van der Waals surface area contributed by atoms with E-state index in [-0.39, 0.29) is 55.3 Å². The van der Waals surface area contributed by atoms with Crippen LogP contribution in [-0.2, 0) is 27.2 Å². The summed E-state index contributed by atoms with van der Waals surface area (Å²) in [6, 6.07) is 1.65. The van der Waals surface area contributed by atoms with Crippen LogP contribution in [0.4, 0.5) is 0 Å². The lowest BCUT2D eigenvalue weighted by molar-refractivity contribution is -0.149. The lowest BCUT2D eigenvalue weighted by Gasteiger charge is -2.58. The number of esters is 2. The van der Waals surface area contributed by atoms with E-state index in [9.17, 15) is 14.7 Å². The molecule has 4 heterocycles. The summed E-state index contributed by atoms with van der Waals surface area (Å²) >= 11 is 0. The summed E-state index contributed by atoms with van der Waals surface area (Å²) in [4.78, 5) is 30.0. The molecular formula is C33H42N2O8. The Morgan fingerprint density at radius 3 is 2.56 bits per heavy atom. The van der Waals surface area contributed by atoms with Gasteiger partial charge in [-0.05, 0) is 64.6 Å². The average molecular weight is 595 g/mol. The van der Waals surface area contributed by atoms with Gasteiger partial charge in [-0.1, -0.05) is 13.0 Å². The van der Waals surface area contributed by atoms with Crippen LogP contribution in [-0.4, -0.2) is 72.5 Å². The van der Waals surface area contributed by atoms with Gasteiger partial charge >= 0.3 is 11.9 Å². The zero-order chi connectivity index (χ0) is 30.7. The summed E-state index contributed by atoms with van der Waals surface area (Å²) in [5, 5.41) is 11.7. The SMILES string of the molecule is CCCC(=O)OC[C@H]1c2c(c(OC(C)=O)c(C)c3c2OCO3)CC2[C@H]3c4c(cc(C)c(OC)c4O)CC[C@@H]([C@H](C)N21)N3C. The fourth-order valence-corrected chi connectivity index (χ4v) is 8.18. The van der Waals surface area contributed by atoms with Crippen LogP contribution >= 0.6 is 0 Å². The van der Waals surface area contributed by atoms with Crippen molar-refractivity contribution in [1.29, 1.82) is 0 Å². The van der Waals surface area contributed by atoms with Crippen LogP contribution in [0.2, 0.25) is 0 Å². The van der Waals surface area contributed by atoms with Gasteiger partial charge in [0.05, 0.1) is 19.2 Å². The molecular weight excluding hydrogens is 552 g/mol. The first-order valence-corrected chi connectivity index (χ1v) is 15.3. The first-order valence-electron chi connectivity index (χ1n) is 15.3. The highest BCUT2D eigenvalue weighted by atomic mass is 16.7. The molecule has 1 unspecified atom stereocenters. The van der Waals surface area contributed by atoms with Crippen molar-refractivity contribution in [3.63, 3.8) is 0 Å². The van der Waals surface area contributed by atoms with Gasteiger partial charge in [0.15, 0.2) is 23.0 Å². The van der Waals surface area contributed by atoms with E-state index in [1.54, 1.807) is 7.11 Å². The molecule has 5 atom stereocenters. The van der Waals surface area contributed by atoms with E-state index in [1.165, 1.54) is 6.92 Å². The van der Waals surface area contributed by atoms with Crippen LogP contribution in [0, 0.1) is 13.8 Å². The van der Waals surface area contributed by atoms with E-state index < -0.39 is 5.97 Å². The van der Waals surface area contributed by atoms with Crippen LogP contribution in [0.3, 0.4) is 0 Å². The second-order valence-corrected chi connectivity index (χ2v) is 12.3. The molecule has 10 heteroatoms. The predicted octanol–water partition coefficient (Wildman–Crippen LogP) is 4.67. The van der Waals surface area contributed by atoms with Crippen LogP contribution in [0.1, 0.15) is 85.5 Å². The van der Waals surface area contributed by atoms with Crippen molar-refractivity contribution in [2.75, 3.05) is 27.6 Å². The molecule has 2 aromatic rings. The molecule has 43 heavy (non-hydrogen) atoms. The number of likely N-dealkylation sites (N-methyl/N-ethyl adjacent to an activating group) is 1. The van der Waals surface area contributed by atoms with E-state index in [4.69, 9.17) is 23.7 Å². The maximum absolute atomic E-state index is 12.7. The molecule has 0 amide bonds. The van der Waals surface area contributed by atoms with Gasteiger partial charge in [-0.15, -0.1) is 0 Å². The minimum absolute atomic E-state index is 0.0574. The number of carbonyl (C=O) groups excluding carboxylic acids is 2. The van der Waals surface area contributed by atoms with Crippen molar-refractivity contribution < 1.29 is 38.4 Å². The Balaban J connectivity index is 1.59. The van der Waals surface area contributed by atoms with Gasteiger partial charge in [0, 0.05) is 53.7 Å². The normalized spacial score (nSPS) is 25.7. The van der Waals surface area contributed by atoms with Gasteiger partial charge in [0.25, 0.3) is 0 Å². The first kappa shape index (κ1) is 29.6. The number of fused-ring (bicyclic) bond motifs is 9. The van der Waals surface area contributed by atoms with Crippen LogP contribution < -0.4 is 18.9 Å². The molecule has 0 spiro atoms. The van der Waals surface area contributed by atoms with Crippen LogP contribution in [0.15, 0.2) is 6.07 Å². The smallest absolute Gasteiger partial charge is 0.308 e. The molecule has 0 radical (unpaired) electrons. The summed E-state index contributed by atoms with van der Waals surface area (Å²) in [6.07, 6.45) is 3.26. The number of hydrogen-bond donors (Lipinski definition) is 1. The largest absolute Gasteiger partial charge is 0.504 e. The maximum Gasteiger partial charge on any atom is 0.308 e. The first-order chi connectivity index (χ1) is 20.6. The van der Waals surface area contributed by atoms with Crippen molar-refractivity contribution in [1.82, 2.24) is 9.80 Å². The molecule has 232 valence electrons. The highest BCUT2D eigenvalue weighted by Gasteiger charge is 2.54. The zero-order valence-electron chi connectivity index (χ0n) is 26.1. The molecule has 4 aliphatic heterocycles.